The maximum atomic E-state index is 12.0. The SMILES string of the molecule is COc1ccc2c3c1OC1[C@H](O)[C@](CO)(CCc4ccccc4)CC4C(C2)N(CC2CC2)CCC341.Cl. The number of ether oxygens (including phenoxy) is 2. The largest absolute Gasteiger partial charge is 0.493 e. The van der Waals surface area contributed by atoms with Gasteiger partial charge in [-0.25, -0.2) is 0 Å². The summed E-state index contributed by atoms with van der Waals surface area (Å²) in [5.74, 6) is 2.84. The van der Waals surface area contributed by atoms with Gasteiger partial charge in [0.05, 0.1) is 19.8 Å². The van der Waals surface area contributed by atoms with Crippen LogP contribution in [-0.2, 0) is 18.3 Å². The monoisotopic (exact) mass is 511 g/mol. The molecule has 194 valence electrons. The van der Waals surface area contributed by atoms with Gasteiger partial charge in [-0.3, -0.25) is 4.90 Å². The quantitative estimate of drug-likeness (QED) is 0.585. The van der Waals surface area contributed by atoms with Crippen LogP contribution in [-0.4, -0.2) is 60.2 Å². The van der Waals surface area contributed by atoms with Crippen molar-refractivity contribution in [1.82, 2.24) is 4.90 Å². The first-order valence-electron chi connectivity index (χ1n) is 13.5. The fourth-order valence-corrected chi connectivity index (χ4v) is 8.30. The summed E-state index contributed by atoms with van der Waals surface area (Å²) >= 11 is 0. The van der Waals surface area contributed by atoms with Gasteiger partial charge < -0.3 is 19.7 Å². The standard InChI is InChI=1S/C30H37NO4.ClH/c1-34-24-10-9-21-15-23-22-16-29(18-32,12-11-19-5-3-2-4-6-19)27(33)28-30(22,25(21)26(24)35-28)13-14-31(23)17-20-7-8-20;/h2-6,9-10,20,22-23,27-28,32-33H,7-8,11-18H2,1H3;1H/t22?,23?,27-,28?,29+,30?;/m0./s1. The van der Waals surface area contributed by atoms with Crippen molar-refractivity contribution in [2.24, 2.45) is 17.3 Å². The molecule has 2 N–H and O–H groups in total. The van der Waals surface area contributed by atoms with Gasteiger partial charge in [0.1, 0.15) is 6.10 Å². The van der Waals surface area contributed by atoms with E-state index in [-0.39, 0.29) is 30.5 Å². The lowest BCUT2D eigenvalue weighted by Gasteiger charge is -2.63. The summed E-state index contributed by atoms with van der Waals surface area (Å²) < 4.78 is 12.5. The zero-order valence-electron chi connectivity index (χ0n) is 21.1. The first kappa shape index (κ1) is 24.5. The van der Waals surface area contributed by atoms with E-state index in [1.807, 2.05) is 12.1 Å². The number of hydrogen-bond acceptors (Lipinski definition) is 5. The summed E-state index contributed by atoms with van der Waals surface area (Å²) in [6.07, 6.45) is 6.16. The fourth-order valence-electron chi connectivity index (χ4n) is 8.30. The number of nitrogens with zero attached hydrogens (tertiary/aromatic N) is 1. The Labute approximate surface area is 220 Å². The predicted octanol–water partition coefficient (Wildman–Crippen LogP) is 4.15. The van der Waals surface area contributed by atoms with E-state index in [1.54, 1.807) is 7.11 Å². The van der Waals surface area contributed by atoms with Crippen LogP contribution in [0.1, 0.15) is 48.8 Å². The van der Waals surface area contributed by atoms with Crippen molar-refractivity contribution >= 4 is 12.4 Å². The van der Waals surface area contributed by atoms with Gasteiger partial charge in [-0.2, -0.15) is 0 Å². The highest BCUT2D eigenvalue weighted by Gasteiger charge is 2.70. The van der Waals surface area contributed by atoms with Gasteiger partial charge in [-0.05, 0) is 80.5 Å². The molecule has 6 atom stereocenters. The molecule has 5 aliphatic rings. The van der Waals surface area contributed by atoms with Gasteiger partial charge in [0, 0.05) is 29.0 Å². The van der Waals surface area contributed by atoms with Crippen LogP contribution in [0, 0.1) is 17.3 Å². The van der Waals surface area contributed by atoms with E-state index in [0.717, 1.165) is 56.1 Å². The molecule has 3 fully saturated rings. The van der Waals surface area contributed by atoms with Gasteiger partial charge in [0.2, 0.25) is 0 Å². The topological polar surface area (TPSA) is 62.2 Å². The van der Waals surface area contributed by atoms with Gasteiger partial charge in [-0.15, -0.1) is 12.4 Å². The van der Waals surface area contributed by atoms with Gasteiger partial charge in [-0.1, -0.05) is 36.4 Å². The molecule has 1 spiro atoms. The molecule has 4 unspecified atom stereocenters. The Balaban J connectivity index is 0.00000240. The third kappa shape index (κ3) is 3.39. The molecule has 0 radical (unpaired) electrons. The lowest BCUT2D eigenvalue weighted by Crippen LogP contribution is -2.71. The summed E-state index contributed by atoms with van der Waals surface area (Å²) in [6, 6.07) is 15.2. The molecule has 0 aromatic heterocycles. The molecule has 2 aliphatic heterocycles. The van der Waals surface area contributed by atoms with Crippen LogP contribution in [0.3, 0.4) is 0 Å². The minimum Gasteiger partial charge on any atom is -0.493 e. The number of benzene rings is 2. The second-order valence-electron chi connectivity index (χ2n) is 11.9. The molecule has 5 nitrogen and oxygen atoms in total. The minimum absolute atomic E-state index is 0. The van der Waals surface area contributed by atoms with Crippen LogP contribution in [0.4, 0.5) is 0 Å². The lowest BCUT2D eigenvalue weighted by atomic mass is 9.46. The number of aryl methyl sites for hydroxylation is 1. The molecule has 1 saturated heterocycles. The second-order valence-corrected chi connectivity index (χ2v) is 11.9. The molecular weight excluding hydrogens is 474 g/mol. The maximum absolute atomic E-state index is 12.0. The van der Waals surface area contributed by atoms with Crippen LogP contribution in [0.15, 0.2) is 42.5 Å². The average Bonchev–Trinajstić information content (AvgIpc) is 3.64. The number of rotatable bonds is 7. The predicted molar refractivity (Wildman–Crippen MR) is 141 cm³/mol. The van der Waals surface area contributed by atoms with Crippen molar-refractivity contribution in [3.63, 3.8) is 0 Å². The van der Waals surface area contributed by atoms with Gasteiger partial charge in [0.25, 0.3) is 0 Å². The van der Waals surface area contributed by atoms with Gasteiger partial charge >= 0.3 is 0 Å². The molecule has 3 aliphatic carbocycles. The first-order chi connectivity index (χ1) is 17.1. The third-order valence-corrected chi connectivity index (χ3v) is 10.3. The van der Waals surface area contributed by atoms with Gasteiger partial charge in [0.15, 0.2) is 11.5 Å². The number of methoxy groups -OCH3 is 1. The van der Waals surface area contributed by atoms with E-state index in [4.69, 9.17) is 9.47 Å². The van der Waals surface area contributed by atoms with E-state index in [9.17, 15) is 10.2 Å². The zero-order valence-corrected chi connectivity index (χ0v) is 21.9. The highest BCUT2D eigenvalue weighted by Crippen LogP contribution is 2.67. The highest BCUT2D eigenvalue weighted by molar-refractivity contribution is 5.85. The molecule has 2 aromatic rings. The second kappa shape index (κ2) is 8.90. The first-order valence-corrected chi connectivity index (χ1v) is 13.5. The Morgan fingerprint density at radius 3 is 2.67 bits per heavy atom. The van der Waals surface area contributed by atoms with Crippen LogP contribution >= 0.6 is 12.4 Å². The maximum Gasteiger partial charge on any atom is 0.165 e. The fraction of sp³-hybridized carbons (Fsp3) is 0.600. The molecule has 2 bridgehead atoms. The average molecular weight is 512 g/mol. The highest BCUT2D eigenvalue weighted by atomic mass is 35.5. The molecular formula is C30H38ClNO4. The van der Waals surface area contributed by atoms with Crippen molar-refractivity contribution in [3.8, 4) is 11.5 Å². The smallest absolute Gasteiger partial charge is 0.165 e. The number of aliphatic hydroxyl groups is 2. The van der Waals surface area contributed by atoms with Crippen molar-refractivity contribution in [3.05, 3.63) is 59.2 Å². The molecule has 36 heavy (non-hydrogen) atoms. The van der Waals surface area contributed by atoms with Crippen LogP contribution in [0.25, 0.3) is 0 Å². The third-order valence-electron chi connectivity index (χ3n) is 10.3. The summed E-state index contributed by atoms with van der Waals surface area (Å²) in [4.78, 5) is 2.76. The van der Waals surface area contributed by atoms with E-state index >= 15 is 0 Å². The van der Waals surface area contributed by atoms with E-state index < -0.39 is 11.5 Å². The number of halogens is 1. The molecule has 7 rings (SSSR count). The number of likely N-dealkylation sites (tertiary alicyclic amines) is 1. The molecule has 0 amide bonds. The summed E-state index contributed by atoms with van der Waals surface area (Å²) in [5.41, 5.74) is 3.18. The Morgan fingerprint density at radius 1 is 1.14 bits per heavy atom. The minimum atomic E-state index is -0.717. The normalized spacial score (nSPS) is 36.0. The van der Waals surface area contributed by atoms with Crippen LogP contribution in [0.5, 0.6) is 11.5 Å². The van der Waals surface area contributed by atoms with Crippen LogP contribution < -0.4 is 9.47 Å². The van der Waals surface area contributed by atoms with Crippen molar-refractivity contribution in [2.45, 2.75) is 68.6 Å². The Kier molecular flexibility index (Phi) is 6.07. The van der Waals surface area contributed by atoms with E-state index in [0.29, 0.717) is 12.0 Å². The number of hydrogen-bond donors (Lipinski definition) is 2. The molecule has 6 heteroatoms. The van der Waals surface area contributed by atoms with Crippen molar-refractivity contribution in [1.29, 1.82) is 0 Å². The Bertz CT molecular complexity index is 1120. The number of piperidine rings is 1. The Morgan fingerprint density at radius 2 is 1.94 bits per heavy atom. The Hall–Kier alpha value is -1.79. The van der Waals surface area contributed by atoms with Crippen LogP contribution in [0.2, 0.25) is 0 Å². The van der Waals surface area contributed by atoms with Crippen molar-refractivity contribution in [2.75, 3.05) is 26.8 Å². The molecule has 2 heterocycles. The van der Waals surface area contributed by atoms with Crippen molar-refractivity contribution < 1.29 is 19.7 Å². The summed E-state index contributed by atoms with van der Waals surface area (Å²) in [7, 11) is 1.71. The summed E-state index contributed by atoms with van der Waals surface area (Å²) in [5, 5.41) is 22.9. The zero-order chi connectivity index (χ0) is 23.8. The lowest BCUT2D eigenvalue weighted by molar-refractivity contribution is -0.180. The number of aliphatic hydroxyl groups excluding tert-OH is 2. The van der Waals surface area contributed by atoms with E-state index in [1.165, 1.54) is 36.1 Å². The molecule has 2 saturated carbocycles. The summed E-state index contributed by atoms with van der Waals surface area (Å²) in [6.45, 7) is 2.25. The molecule has 2 aromatic carbocycles. The van der Waals surface area contributed by atoms with E-state index in [2.05, 4.69) is 35.2 Å².